The van der Waals surface area contributed by atoms with Crippen molar-refractivity contribution in [2.45, 2.75) is 32.1 Å². The lowest BCUT2D eigenvalue weighted by atomic mass is 10.2. The minimum absolute atomic E-state index is 0.150. The van der Waals surface area contributed by atoms with Gasteiger partial charge < -0.3 is 24.7 Å². The number of rotatable bonds is 8. The number of benzene rings is 2. The number of anilines is 1. The summed E-state index contributed by atoms with van der Waals surface area (Å²) in [4.78, 5) is 24.9. The van der Waals surface area contributed by atoms with Gasteiger partial charge in [0.05, 0.1) is 12.3 Å². The van der Waals surface area contributed by atoms with E-state index in [2.05, 4.69) is 20.8 Å². The molecule has 0 atom stereocenters. The van der Waals surface area contributed by atoms with Crippen molar-refractivity contribution in [1.29, 1.82) is 0 Å². The van der Waals surface area contributed by atoms with Gasteiger partial charge in [-0.3, -0.25) is 9.59 Å². The molecule has 2 N–H and O–H groups in total. The molecule has 1 aliphatic heterocycles. The Kier molecular flexibility index (Phi) is 7.05. The van der Waals surface area contributed by atoms with Crippen molar-refractivity contribution in [3.8, 4) is 11.5 Å². The van der Waals surface area contributed by atoms with Crippen LogP contribution in [0.3, 0.4) is 0 Å². The molecule has 0 unspecified atom stereocenters. The Morgan fingerprint density at radius 2 is 1.97 bits per heavy atom. The van der Waals surface area contributed by atoms with Crippen LogP contribution in [0.1, 0.15) is 28.7 Å². The summed E-state index contributed by atoms with van der Waals surface area (Å²) >= 11 is 7.38. The number of ether oxygens (including phenoxy) is 2. The van der Waals surface area contributed by atoms with E-state index in [-0.39, 0.29) is 30.9 Å². The van der Waals surface area contributed by atoms with E-state index >= 15 is 0 Å². The number of nitrogens with one attached hydrogen (secondary N) is 2. The van der Waals surface area contributed by atoms with Crippen LogP contribution in [0.4, 0.5) is 5.69 Å². The second-order valence-corrected chi connectivity index (χ2v) is 8.54. The number of amides is 2. The maximum absolute atomic E-state index is 12.5. The highest BCUT2D eigenvalue weighted by atomic mass is 35.5. The lowest BCUT2D eigenvalue weighted by molar-refractivity contribution is -0.113. The summed E-state index contributed by atoms with van der Waals surface area (Å²) < 4.78 is 12.4. The van der Waals surface area contributed by atoms with E-state index in [9.17, 15) is 9.59 Å². The Morgan fingerprint density at radius 1 is 1.15 bits per heavy atom. The van der Waals surface area contributed by atoms with Crippen LogP contribution >= 0.6 is 23.4 Å². The monoisotopic (exact) mass is 487 g/mol. The molecule has 33 heavy (non-hydrogen) atoms. The molecule has 11 heteroatoms. The van der Waals surface area contributed by atoms with Crippen LogP contribution in [0, 0.1) is 6.92 Å². The molecule has 3 aromatic rings. The molecule has 0 fully saturated rings. The molecule has 0 spiro atoms. The number of aromatic nitrogens is 3. The van der Waals surface area contributed by atoms with Crippen LogP contribution in [-0.4, -0.2) is 39.1 Å². The van der Waals surface area contributed by atoms with Gasteiger partial charge in [0.1, 0.15) is 0 Å². The first kappa shape index (κ1) is 22.9. The largest absolute Gasteiger partial charge is 0.454 e. The van der Waals surface area contributed by atoms with Crippen LogP contribution in [0.15, 0.2) is 41.6 Å². The van der Waals surface area contributed by atoms with Gasteiger partial charge in [-0.1, -0.05) is 29.4 Å². The fraction of sp³-hybridized carbons (Fsp3) is 0.273. The predicted octanol–water partition coefficient (Wildman–Crippen LogP) is 3.65. The van der Waals surface area contributed by atoms with Crippen LogP contribution in [0.25, 0.3) is 0 Å². The fourth-order valence-electron chi connectivity index (χ4n) is 3.17. The normalized spacial score (nSPS) is 12.0. The number of halogens is 1. The Bertz CT molecular complexity index is 1200. The van der Waals surface area contributed by atoms with Gasteiger partial charge in [-0.25, -0.2) is 0 Å². The minimum Gasteiger partial charge on any atom is -0.454 e. The number of carbonyl (C=O) groups is 2. The third-order valence-electron chi connectivity index (χ3n) is 4.94. The van der Waals surface area contributed by atoms with Crippen molar-refractivity contribution >= 4 is 40.9 Å². The summed E-state index contributed by atoms with van der Waals surface area (Å²) in [6.45, 7) is 4.79. The lowest BCUT2D eigenvalue weighted by Crippen LogP contribution is -2.24. The van der Waals surface area contributed by atoms with E-state index in [1.807, 2.05) is 24.5 Å². The summed E-state index contributed by atoms with van der Waals surface area (Å²) in [5.41, 5.74) is 2.04. The van der Waals surface area contributed by atoms with Crippen LogP contribution in [0.2, 0.25) is 5.02 Å². The zero-order valence-electron chi connectivity index (χ0n) is 18.1. The molecule has 1 aromatic heterocycles. The second kappa shape index (κ2) is 10.1. The van der Waals surface area contributed by atoms with Gasteiger partial charge in [-0.15, -0.1) is 10.2 Å². The van der Waals surface area contributed by atoms with E-state index < -0.39 is 0 Å². The molecule has 1 aliphatic rings. The highest BCUT2D eigenvalue weighted by Crippen LogP contribution is 2.32. The number of thioether (sulfide) groups is 1. The van der Waals surface area contributed by atoms with Gasteiger partial charge in [-0.2, -0.15) is 0 Å². The molecule has 0 bridgehead atoms. The molecular formula is C22H22ClN5O4S. The lowest BCUT2D eigenvalue weighted by Gasteiger charge is -2.09. The van der Waals surface area contributed by atoms with Crippen LogP contribution in [0.5, 0.6) is 11.5 Å². The third-order valence-corrected chi connectivity index (χ3v) is 6.31. The number of nitrogens with zero attached hydrogens (tertiary/aromatic N) is 3. The Morgan fingerprint density at radius 3 is 2.76 bits per heavy atom. The fourth-order valence-corrected chi connectivity index (χ4v) is 4.17. The van der Waals surface area contributed by atoms with E-state index in [0.29, 0.717) is 45.3 Å². The van der Waals surface area contributed by atoms with Crippen molar-refractivity contribution in [2.75, 3.05) is 17.9 Å². The maximum Gasteiger partial charge on any atom is 0.251 e. The van der Waals surface area contributed by atoms with Crippen molar-refractivity contribution in [3.63, 3.8) is 0 Å². The van der Waals surface area contributed by atoms with E-state index in [1.165, 1.54) is 11.8 Å². The first-order chi connectivity index (χ1) is 15.9. The first-order valence-electron chi connectivity index (χ1n) is 10.2. The van der Waals surface area contributed by atoms with E-state index in [1.54, 1.807) is 30.3 Å². The minimum atomic E-state index is -0.260. The van der Waals surface area contributed by atoms with Crippen molar-refractivity contribution in [1.82, 2.24) is 20.1 Å². The molecule has 0 aliphatic carbocycles. The van der Waals surface area contributed by atoms with Gasteiger partial charge in [0.25, 0.3) is 5.91 Å². The van der Waals surface area contributed by atoms with Crippen molar-refractivity contribution < 1.29 is 19.1 Å². The van der Waals surface area contributed by atoms with Gasteiger partial charge in [-0.05, 0) is 49.7 Å². The van der Waals surface area contributed by atoms with Crippen molar-refractivity contribution in [3.05, 3.63) is 58.4 Å². The van der Waals surface area contributed by atoms with E-state index in [4.69, 9.17) is 21.1 Å². The summed E-state index contributed by atoms with van der Waals surface area (Å²) in [5.74, 6) is 1.48. The zero-order chi connectivity index (χ0) is 23.4. The first-order valence-corrected chi connectivity index (χ1v) is 11.6. The summed E-state index contributed by atoms with van der Waals surface area (Å²) in [6.07, 6.45) is 0. The van der Waals surface area contributed by atoms with Crippen LogP contribution in [-0.2, 0) is 17.9 Å². The number of fused-ring (bicyclic) bond motifs is 1. The summed E-state index contributed by atoms with van der Waals surface area (Å²) in [5, 5.41) is 15.2. The van der Waals surface area contributed by atoms with Gasteiger partial charge >= 0.3 is 0 Å². The average Bonchev–Trinajstić information content (AvgIpc) is 3.44. The molecule has 2 aromatic carbocycles. The smallest absolute Gasteiger partial charge is 0.251 e. The molecule has 9 nitrogen and oxygen atoms in total. The SMILES string of the molecule is CCn1c(CNC(=O)c2ccc3c(c2)OCO3)nnc1SCC(=O)Nc1ccc(C)c(Cl)c1. The summed E-state index contributed by atoms with van der Waals surface area (Å²) in [7, 11) is 0. The topological polar surface area (TPSA) is 107 Å². The molecular weight excluding hydrogens is 466 g/mol. The van der Waals surface area contributed by atoms with Gasteiger partial charge in [0.2, 0.25) is 12.7 Å². The Hall–Kier alpha value is -3.24. The molecule has 4 rings (SSSR count). The van der Waals surface area contributed by atoms with Gasteiger partial charge in [0.15, 0.2) is 22.5 Å². The number of hydrogen-bond acceptors (Lipinski definition) is 7. The number of hydrogen-bond donors (Lipinski definition) is 2. The predicted molar refractivity (Wildman–Crippen MR) is 125 cm³/mol. The highest BCUT2D eigenvalue weighted by Gasteiger charge is 2.18. The van der Waals surface area contributed by atoms with Gasteiger partial charge in [0, 0.05) is 22.8 Å². The Balaban J connectivity index is 1.33. The van der Waals surface area contributed by atoms with E-state index in [0.717, 1.165) is 5.56 Å². The molecule has 2 heterocycles. The second-order valence-electron chi connectivity index (χ2n) is 7.19. The molecule has 172 valence electrons. The zero-order valence-corrected chi connectivity index (χ0v) is 19.6. The highest BCUT2D eigenvalue weighted by molar-refractivity contribution is 7.99. The molecule has 0 saturated carbocycles. The Labute approximate surface area is 199 Å². The number of carbonyl (C=O) groups excluding carboxylic acids is 2. The van der Waals surface area contributed by atoms with Crippen LogP contribution < -0.4 is 20.1 Å². The van der Waals surface area contributed by atoms with Crippen molar-refractivity contribution in [2.24, 2.45) is 0 Å². The average molecular weight is 488 g/mol. The molecule has 2 amide bonds. The molecule has 0 radical (unpaired) electrons. The standard InChI is InChI=1S/C22H22ClN5O4S/c1-3-28-19(10-24-21(30)14-5-7-17-18(8-14)32-12-31-17)26-27-22(28)33-11-20(29)25-15-6-4-13(2)16(23)9-15/h4-9H,3,10-12H2,1-2H3,(H,24,30)(H,25,29). The quantitative estimate of drug-likeness (QED) is 0.467. The number of aryl methyl sites for hydroxylation is 1. The maximum atomic E-state index is 12.5. The third kappa shape index (κ3) is 5.40. The summed E-state index contributed by atoms with van der Waals surface area (Å²) in [6, 6.07) is 10.4. The molecule has 0 saturated heterocycles.